The van der Waals surface area contributed by atoms with Crippen molar-refractivity contribution < 1.29 is 31.0 Å². The van der Waals surface area contributed by atoms with Gasteiger partial charge in [0.2, 0.25) is 0 Å². The highest BCUT2D eigenvalue weighted by molar-refractivity contribution is 7.86. The third-order valence-corrected chi connectivity index (χ3v) is 8.69. The third kappa shape index (κ3) is 5.22. The molecule has 6 aromatic rings. The van der Waals surface area contributed by atoms with Crippen LogP contribution in [0.15, 0.2) is 127 Å². The number of aromatic hydroxyl groups is 1. The van der Waals surface area contributed by atoms with Gasteiger partial charge in [0.1, 0.15) is 21.2 Å². The number of anilines is 1. The molecule has 0 aliphatic rings. The zero-order valence-corrected chi connectivity index (χ0v) is 24.0. The maximum absolute atomic E-state index is 12.5. The molecule has 0 fully saturated rings. The smallest absolute Gasteiger partial charge is 0.296 e. The molecule has 0 spiro atoms. The third-order valence-electron chi connectivity index (χ3n) is 6.93. The molecule has 44 heavy (non-hydrogen) atoms. The van der Waals surface area contributed by atoms with E-state index in [9.17, 15) is 31.0 Å². The number of fused-ring (bicyclic) bond motifs is 3. The quantitative estimate of drug-likeness (QED) is 0.0813. The van der Waals surface area contributed by atoms with E-state index >= 15 is 0 Å². The fraction of sp³-hybridized carbons (Fsp3) is 0. The highest BCUT2D eigenvalue weighted by atomic mass is 32.2. The highest BCUT2D eigenvalue weighted by Crippen LogP contribution is 2.48. The van der Waals surface area contributed by atoms with E-state index in [0.29, 0.717) is 16.8 Å². The van der Waals surface area contributed by atoms with E-state index in [4.69, 9.17) is 5.73 Å². The van der Waals surface area contributed by atoms with Crippen LogP contribution in [0.1, 0.15) is 0 Å². The minimum absolute atomic E-state index is 0.259. The van der Waals surface area contributed by atoms with Crippen molar-refractivity contribution in [3.63, 3.8) is 0 Å². The molecule has 0 aliphatic heterocycles. The van der Waals surface area contributed by atoms with Crippen LogP contribution in [0.25, 0.3) is 32.3 Å². The van der Waals surface area contributed by atoms with Crippen molar-refractivity contribution in [1.29, 1.82) is 0 Å². The van der Waals surface area contributed by atoms with Crippen LogP contribution in [-0.4, -0.2) is 31.0 Å². The molecule has 0 aromatic heterocycles. The van der Waals surface area contributed by atoms with Crippen molar-refractivity contribution in [1.82, 2.24) is 0 Å². The van der Waals surface area contributed by atoms with Gasteiger partial charge in [-0.1, -0.05) is 72.8 Å². The Bertz CT molecular complexity index is 2420. The summed E-state index contributed by atoms with van der Waals surface area (Å²) in [7, 11) is -10.2. The van der Waals surface area contributed by atoms with Gasteiger partial charge in [0, 0.05) is 16.2 Å². The van der Waals surface area contributed by atoms with Crippen LogP contribution in [0, 0.1) is 0 Å². The number of phenols is 1. The second-order valence-corrected chi connectivity index (χ2v) is 12.4. The zero-order chi connectivity index (χ0) is 31.2. The fourth-order valence-corrected chi connectivity index (χ4v) is 6.25. The summed E-state index contributed by atoms with van der Waals surface area (Å²) in [5.74, 6) is -0.927. The van der Waals surface area contributed by atoms with E-state index in [1.807, 2.05) is 42.5 Å². The molecule has 0 aliphatic carbocycles. The largest absolute Gasteiger partial charge is 0.505 e. The maximum atomic E-state index is 12.5. The van der Waals surface area contributed by atoms with Crippen molar-refractivity contribution in [2.45, 2.75) is 9.79 Å². The van der Waals surface area contributed by atoms with Gasteiger partial charge in [-0.05, 0) is 35.0 Å². The summed E-state index contributed by atoms with van der Waals surface area (Å²) in [6.45, 7) is 0. The van der Waals surface area contributed by atoms with Crippen molar-refractivity contribution >= 4 is 81.0 Å². The summed E-state index contributed by atoms with van der Waals surface area (Å²) in [4.78, 5) is -1.81. The molecule has 0 unspecified atom stereocenters. The Hall–Kier alpha value is -5.28. The van der Waals surface area contributed by atoms with Crippen LogP contribution in [0.4, 0.5) is 28.4 Å². The average molecular weight is 628 g/mol. The van der Waals surface area contributed by atoms with E-state index in [0.717, 1.165) is 28.3 Å². The lowest BCUT2D eigenvalue weighted by Gasteiger charge is -2.14. The number of phenolic OH excluding ortho intramolecular Hbond substituents is 1. The molecule has 0 radical (unpaired) electrons. The zero-order valence-electron chi connectivity index (χ0n) is 22.4. The minimum atomic E-state index is -5.12. The Morgan fingerprint density at radius 1 is 0.545 bits per heavy atom. The molecule has 220 valence electrons. The van der Waals surface area contributed by atoms with Crippen LogP contribution in [-0.2, 0) is 20.2 Å². The Kier molecular flexibility index (Phi) is 7.05. The number of hydrogen-bond donors (Lipinski definition) is 4. The van der Waals surface area contributed by atoms with Gasteiger partial charge in [0.15, 0.2) is 5.75 Å². The number of hydrogen-bond acceptors (Lipinski definition) is 10. The molecule has 0 heterocycles. The number of nitrogens with zero attached hydrogens (tertiary/aromatic N) is 4. The summed E-state index contributed by atoms with van der Waals surface area (Å²) in [5.41, 5.74) is 5.79. The second kappa shape index (κ2) is 10.8. The molecule has 6 rings (SSSR count). The predicted molar refractivity (Wildman–Crippen MR) is 166 cm³/mol. The van der Waals surface area contributed by atoms with Crippen molar-refractivity contribution in [3.8, 4) is 5.75 Å². The van der Waals surface area contributed by atoms with Crippen LogP contribution >= 0.6 is 0 Å². The van der Waals surface area contributed by atoms with E-state index < -0.39 is 52.2 Å². The van der Waals surface area contributed by atoms with Crippen LogP contribution in [0.3, 0.4) is 0 Å². The van der Waals surface area contributed by atoms with Gasteiger partial charge in [0.05, 0.1) is 22.4 Å². The van der Waals surface area contributed by atoms with Crippen LogP contribution in [0.5, 0.6) is 5.75 Å². The molecule has 12 nitrogen and oxygen atoms in total. The first kappa shape index (κ1) is 28.8. The molecule has 0 saturated carbocycles. The van der Waals surface area contributed by atoms with Gasteiger partial charge in [-0.2, -0.15) is 16.8 Å². The normalized spacial score (nSPS) is 12.7. The van der Waals surface area contributed by atoms with Gasteiger partial charge >= 0.3 is 0 Å². The summed E-state index contributed by atoms with van der Waals surface area (Å²) in [5, 5.41) is 29.9. The van der Waals surface area contributed by atoms with E-state index in [1.54, 1.807) is 42.5 Å². The van der Waals surface area contributed by atoms with Crippen LogP contribution < -0.4 is 5.73 Å². The second-order valence-electron chi connectivity index (χ2n) is 9.65. The van der Waals surface area contributed by atoms with Gasteiger partial charge in [-0.15, -0.1) is 20.5 Å². The lowest BCUT2D eigenvalue weighted by molar-refractivity contribution is 0.471. The first-order valence-corrected chi connectivity index (χ1v) is 15.7. The maximum Gasteiger partial charge on any atom is 0.296 e. The van der Waals surface area contributed by atoms with Gasteiger partial charge in [0.25, 0.3) is 20.2 Å². The molecule has 5 N–H and O–H groups in total. The number of nitrogen functional groups attached to an aromatic ring is 1. The highest BCUT2D eigenvalue weighted by Gasteiger charge is 2.28. The Labute approximate surface area is 250 Å². The predicted octanol–water partition coefficient (Wildman–Crippen LogP) is 7.76. The SMILES string of the molecule is Nc1c(N=Nc2cccc3ccccc23)cc(S(=O)(=O)O)c2cc(S(=O)(=O)O)c(N=Nc3cccc4ccccc34)c(O)c12. The fourth-order valence-electron chi connectivity index (χ4n) is 4.90. The lowest BCUT2D eigenvalue weighted by atomic mass is 10.0. The summed E-state index contributed by atoms with van der Waals surface area (Å²) >= 11 is 0. The average Bonchev–Trinajstić information content (AvgIpc) is 2.99. The molecule has 0 bridgehead atoms. The minimum Gasteiger partial charge on any atom is -0.505 e. The molecular formula is C30H21N5O7S2. The number of azo groups is 2. The topological polar surface area (TPSA) is 204 Å². The van der Waals surface area contributed by atoms with E-state index in [-0.39, 0.29) is 11.4 Å². The monoisotopic (exact) mass is 627 g/mol. The Morgan fingerprint density at radius 2 is 1.02 bits per heavy atom. The Morgan fingerprint density at radius 3 is 1.57 bits per heavy atom. The molecule has 0 saturated heterocycles. The number of rotatable bonds is 6. The van der Waals surface area contributed by atoms with Crippen LogP contribution in [0.2, 0.25) is 0 Å². The van der Waals surface area contributed by atoms with Gasteiger partial charge in [-0.25, -0.2) is 0 Å². The molecular weight excluding hydrogens is 606 g/mol. The van der Waals surface area contributed by atoms with E-state index in [2.05, 4.69) is 20.5 Å². The first-order chi connectivity index (χ1) is 20.9. The summed E-state index contributed by atoms with van der Waals surface area (Å²) < 4.78 is 69.8. The first-order valence-electron chi connectivity index (χ1n) is 12.8. The standard InChI is InChI=1S/C30H21N5O7S2/c31-28-24(34-32-22-13-5-9-17-7-1-3-11-19(17)22)16-25(43(37,38)39)21-15-26(44(40,41)42)29(30(36)27(21)28)35-33-23-14-6-10-18-8-2-4-12-20(18)23/h1-16,36H,31H2,(H,37,38,39)(H,40,41,42). The molecule has 6 aromatic carbocycles. The number of benzene rings is 6. The van der Waals surface area contributed by atoms with E-state index in [1.165, 1.54) is 0 Å². The summed E-state index contributed by atoms with van der Waals surface area (Å²) in [6, 6.07) is 26.6. The molecule has 0 atom stereocenters. The van der Waals surface area contributed by atoms with Crippen molar-refractivity contribution in [2.75, 3.05) is 5.73 Å². The van der Waals surface area contributed by atoms with Crippen molar-refractivity contribution in [2.24, 2.45) is 20.5 Å². The van der Waals surface area contributed by atoms with Gasteiger partial charge in [-0.3, -0.25) is 9.11 Å². The molecule has 14 heteroatoms. The Balaban J connectivity index is 1.61. The van der Waals surface area contributed by atoms with Gasteiger partial charge < -0.3 is 10.8 Å². The number of nitrogens with two attached hydrogens (primary N) is 1. The van der Waals surface area contributed by atoms with Crippen molar-refractivity contribution in [3.05, 3.63) is 97.1 Å². The molecule has 0 amide bonds. The lowest BCUT2D eigenvalue weighted by Crippen LogP contribution is -2.04. The summed E-state index contributed by atoms with van der Waals surface area (Å²) in [6.07, 6.45) is 0.